The van der Waals surface area contributed by atoms with Gasteiger partial charge in [-0.3, -0.25) is 4.79 Å². The number of nitrogen functional groups attached to an aromatic ring is 1. The maximum absolute atomic E-state index is 10.9. The maximum atomic E-state index is 10.9. The van der Waals surface area contributed by atoms with Crippen molar-refractivity contribution in [2.75, 3.05) is 20.0 Å². The van der Waals surface area contributed by atoms with E-state index in [-0.39, 0.29) is 13.4 Å². The van der Waals surface area contributed by atoms with Gasteiger partial charge >= 0.3 is 5.97 Å². The fourth-order valence-corrected chi connectivity index (χ4v) is 1.60. The molecule has 0 heterocycles. The summed E-state index contributed by atoms with van der Waals surface area (Å²) in [5.41, 5.74) is 6.89. The van der Waals surface area contributed by atoms with E-state index < -0.39 is 0 Å². The Labute approximate surface area is 138 Å². The number of esters is 1. The molecule has 1 rings (SSSR count). The van der Waals surface area contributed by atoms with Crippen LogP contribution in [0.2, 0.25) is 5.02 Å². The van der Waals surface area contributed by atoms with E-state index in [1.807, 2.05) is 13.8 Å². The lowest BCUT2D eigenvalue weighted by Gasteiger charge is -2.05. The van der Waals surface area contributed by atoms with Gasteiger partial charge in [0.05, 0.1) is 30.5 Å². The molecule has 0 aliphatic rings. The third-order valence-electron chi connectivity index (χ3n) is 2.47. The summed E-state index contributed by atoms with van der Waals surface area (Å²) in [5, 5.41) is 0.415. The molecule has 0 aliphatic heterocycles. The average Bonchev–Trinajstić information content (AvgIpc) is 2.52. The summed E-state index contributed by atoms with van der Waals surface area (Å²) in [6.45, 7) is 4.00. The summed E-state index contributed by atoms with van der Waals surface area (Å²) in [6, 6.07) is 3.37. The van der Waals surface area contributed by atoms with Gasteiger partial charge in [0.2, 0.25) is 0 Å². The van der Waals surface area contributed by atoms with E-state index >= 15 is 0 Å². The number of halogens is 1. The zero-order chi connectivity index (χ0) is 16.3. The first-order valence-corrected chi connectivity index (χ1v) is 7.15. The number of ether oxygens (including phenoxy) is 2. The Morgan fingerprint density at radius 3 is 2.50 bits per heavy atom. The Kier molecular flexibility index (Phi) is 13.1. The number of methoxy groups -OCH3 is 2. The second-order valence-corrected chi connectivity index (χ2v) is 4.21. The molecule has 4 nitrogen and oxygen atoms in total. The normalized spacial score (nSPS) is 8.41. The van der Waals surface area contributed by atoms with Crippen LogP contribution in [0.1, 0.15) is 46.1 Å². The fraction of sp³-hybridized carbons (Fsp3) is 0.471. The van der Waals surface area contributed by atoms with Crippen molar-refractivity contribution in [3.8, 4) is 17.6 Å². The van der Waals surface area contributed by atoms with Crippen molar-refractivity contribution in [3.63, 3.8) is 0 Å². The van der Waals surface area contributed by atoms with Crippen LogP contribution in [0.4, 0.5) is 5.69 Å². The van der Waals surface area contributed by atoms with Crippen LogP contribution >= 0.6 is 11.6 Å². The molecule has 0 aromatic heterocycles. The molecule has 0 amide bonds. The van der Waals surface area contributed by atoms with Crippen LogP contribution in [0.25, 0.3) is 0 Å². The van der Waals surface area contributed by atoms with Crippen LogP contribution in [0.3, 0.4) is 0 Å². The molecule has 1 aromatic carbocycles. The molecule has 0 bridgehead atoms. The standard InChI is InChI=1S/C14H16ClNO3.C2H6.CH4/c1-18-11-8-10(14(16)12(15)9-11)6-4-3-5-7-13(17)19-2;1-2;/h8-9H,3,5,7,16H2,1-2H3;1-2H3;1H4. The van der Waals surface area contributed by atoms with E-state index in [9.17, 15) is 4.79 Å². The van der Waals surface area contributed by atoms with Crippen molar-refractivity contribution in [1.82, 2.24) is 0 Å². The summed E-state index contributed by atoms with van der Waals surface area (Å²) in [4.78, 5) is 10.9. The second-order valence-electron chi connectivity index (χ2n) is 3.80. The molecule has 0 radical (unpaired) electrons. The Morgan fingerprint density at radius 1 is 1.32 bits per heavy atom. The number of rotatable bonds is 4. The predicted molar refractivity (Wildman–Crippen MR) is 93.2 cm³/mol. The van der Waals surface area contributed by atoms with Crippen molar-refractivity contribution < 1.29 is 14.3 Å². The number of carbonyl (C=O) groups is 1. The first-order chi connectivity index (χ1) is 10.1. The minimum atomic E-state index is -0.231. The number of anilines is 1. The van der Waals surface area contributed by atoms with E-state index in [1.165, 1.54) is 7.11 Å². The van der Waals surface area contributed by atoms with Crippen LogP contribution in [-0.4, -0.2) is 20.2 Å². The van der Waals surface area contributed by atoms with E-state index in [4.69, 9.17) is 22.1 Å². The third kappa shape index (κ3) is 7.80. The van der Waals surface area contributed by atoms with Gasteiger partial charge in [-0.1, -0.05) is 44.7 Å². The van der Waals surface area contributed by atoms with Crippen molar-refractivity contribution in [2.45, 2.75) is 40.5 Å². The number of hydrogen-bond donors (Lipinski definition) is 1. The molecule has 0 aliphatic carbocycles. The summed E-state index contributed by atoms with van der Waals surface area (Å²) >= 11 is 5.96. The Bertz CT molecular complexity index is 519. The average molecular weight is 328 g/mol. The topological polar surface area (TPSA) is 61.5 Å². The summed E-state index contributed by atoms with van der Waals surface area (Å²) in [6.07, 6.45) is 1.60. The van der Waals surface area contributed by atoms with Crippen LogP contribution in [-0.2, 0) is 9.53 Å². The maximum Gasteiger partial charge on any atom is 0.305 e. The molecule has 2 N–H and O–H groups in total. The van der Waals surface area contributed by atoms with Crippen LogP contribution in [0, 0.1) is 11.8 Å². The minimum absolute atomic E-state index is 0. The molecule has 0 saturated carbocycles. The molecule has 0 unspecified atom stereocenters. The van der Waals surface area contributed by atoms with E-state index in [0.717, 1.165) is 0 Å². The number of hydrogen-bond acceptors (Lipinski definition) is 4. The number of unbranched alkanes of at least 4 members (excludes halogenated alkanes) is 1. The summed E-state index contributed by atoms with van der Waals surface area (Å²) in [7, 11) is 2.92. The van der Waals surface area contributed by atoms with Gasteiger partial charge in [0.25, 0.3) is 0 Å². The Balaban J connectivity index is 0. The zero-order valence-corrected chi connectivity index (χ0v) is 13.7. The lowest BCUT2D eigenvalue weighted by molar-refractivity contribution is -0.140. The molecule has 22 heavy (non-hydrogen) atoms. The summed E-state index contributed by atoms with van der Waals surface area (Å²) in [5.74, 6) is 6.26. The summed E-state index contributed by atoms with van der Waals surface area (Å²) < 4.78 is 9.63. The van der Waals surface area contributed by atoms with Gasteiger partial charge in [0.1, 0.15) is 5.75 Å². The van der Waals surface area contributed by atoms with Crippen molar-refractivity contribution in [2.24, 2.45) is 0 Å². The molecule has 0 fully saturated rings. The molecule has 0 atom stereocenters. The fourth-order valence-electron chi connectivity index (χ4n) is 1.40. The van der Waals surface area contributed by atoms with E-state index in [0.29, 0.717) is 41.3 Å². The molecule has 0 saturated heterocycles. The van der Waals surface area contributed by atoms with Crippen molar-refractivity contribution in [3.05, 3.63) is 22.7 Å². The highest BCUT2D eigenvalue weighted by Gasteiger charge is 2.05. The number of nitrogens with two attached hydrogens (primary N) is 1. The Hall–Kier alpha value is -1.86. The first-order valence-electron chi connectivity index (χ1n) is 6.77. The molecule has 124 valence electrons. The minimum Gasteiger partial charge on any atom is -0.497 e. The molecular weight excluding hydrogens is 302 g/mol. The van der Waals surface area contributed by atoms with Crippen LogP contribution in [0.5, 0.6) is 5.75 Å². The predicted octanol–water partition coefficient (Wildman–Crippen LogP) is 4.29. The zero-order valence-electron chi connectivity index (χ0n) is 13.0. The molecule has 0 spiro atoms. The third-order valence-corrected chi connectivity index (χ3v) is 2.78. The second kappa shape index (κ2) is 12.8. The van der Waals surface area contributed by atoms with Crippen molar-refractivity contribution >= 4 is 23.3 Å². The lowest BCUT2D eigenvalue weighted by atomic mass is 10.1. The number of carbonyl (C=O) groups excluding carboxylic acids is 1. The smallest absolute Gasteiger partial charge is 0.305 e. The monoisotopic (exact) mass is 327 g/mol. The van der Waals surface area contributed by atoms with Gasteiger partial charge in [-0.15, -0.1) is 0 Å². The number of benzene rings is 1. The van der Waals surface area contributed by atoms with Gasteiger partial charge in [-0.25, -0.2) is 0 Å². The SMILES string of the molecule is C.CC.COC(=O)CCCC#Cc1cc(OC)cc(Cl)c1N. The first kappa shape index (κ1) is 22.4. The van der Waals surface area contributed by atoms with Crippen LogP contribution < -0.4 is 10.5 Å². The van der Waals surface area contributed by atoms with Gasteiger partial charge < -0.3 is 15.2 Å². The van der Waals surface area contributed by atoms with Gasteiger partial charge in [-0.05, 0) is 12.5 Å². The largest absolute Gasteiger partial charge is 0.497 e. The van der Waals surface area contributed by atoms with E-state index in [1.54, 1.807) is 19.2 Å². The molecule has 5 heteroatoms. The molecule has 1 aromatic rings. The van der Waals surface area contributed by atoms with Gasteiger partial charge in [-0.2, -0.15) is 0 Å². The van der Waals surface area contributed by atoms with Crippen LogP contribution in [0.15, 0.2) is 12.1 Å². The molecular formula is C17H26ClNO3. The highest BCUT2D eigenvalue weighted by Crippen LogP contribution is 2.28. The Morgan fingerprint density at radius 2 is 1.95 bits per heavy atom. The van der Waals surface area contributed by atoms with Crippen molar-refractivity contribution in [1.29, 1.82) is 0 Å². The van der Waals surface area contributed by atoms with Gasteiger partial charge in [0, 0.05) is 18.9 Å². The lowest BCUT2D eigenvalue weighted by Crippen LogP contribution is -1.98. The highest BCUT2D eigenvalue weighted by atomic mass is 35.5. The highest BCUT2D eigenvalue weighted by molar-refractivity contribution is 6.33. The van der Waals surface area contributed by atoms with Gasteiger partial charge in [0.15, 0.2) is 0 Å². The quantitative estimate of drug-likeness (QED) is 0.388. The van der Waals surface area contributed by atoms with E-state index in [2.05, 4.69) is 16.6 Å².